The molecule has 5 nitrogen and oxygen atoms in total. The van der Waals surface area contributed by atoms with Crippen LogP contribution in [0, 0.1) is 6.92 Å². The highest BCUT2D eigenvalue weighted by Gasteiger charge is 2.17. The van der Waals surface area contributed by atoms with Gasteiger partial charge >= 0.3 is 5.97 Å². The second-order valence-electron chi connectivity index (χ2n) is 5.46. The molecule has 1 atom stereocenters. The van der Waals surface area contributed by atoms with Gasteiger partial charge < -0.3 is 14.8 Å². The van der Waals surface area contributed by atoms with E-state index in [2.05, 4.69) is 5.32 Å². The summed E-state index contributed by atoms with van der Waals surface area (Å²) in [5.41, 5.74) is 1.77. The van der Waals surface area contributed by atoms with Gasteiger partial charge in [0.15, 0.2) is 12.7 Å². The van der Waals surface area contributed by atoms with Gasteiger partial charge in [-0.3, -0.25) is 4.79 Å². The second-order valence-corrected chi connectivity index (χ2v) is 6.34. The van der Waals surface area contributed by atoms with E-state index in [1.54, 1.807) is 36.9 Å². The average Bonchev–Trinajstić information content (AvgIpc) is 2.61. The van der Waals surface area contributed by atoms with E-state index >= 15 is 0 Å². The number of thioether (sulfide) groups is 1. The molecule has 0 spiro atoms. The molecule has 1 amide bonds. The van der Waals surface area contributed by atoms with Crippen molar-refractivity contribution in [1.29, 1.82) is 0 Å². The molecule has 1 N–H and O–H groups in total. The predicted molar refractivity (Wildman–Crippen MR) is 99.1 cm³/mol. The van der Waals surface area contributed by atoms with Crippen molar-refractivity contribution >= 4 is 29.3 Å². The second kappa shape index (κ2) is 9.13. The molecule has 0 aromatic heterocycles. The van der Waals surface area contributed by atoms with Gasteiger partial charge in [-0.05, 0) is 50.4 Å². The van der Waals surface area contributed by atoms with Gasteiger partial charge in [-0.25, -0.2) is 4.79 Å². The van der Waals surface area contributed by atoms with Crippen LogP contribution in [0.5, 0.6) is 5.75 Å². The monoisotopic (exact) mass is 359 g/mol. The summed E-state index contributed by atoms with van der Waals surface area (Å²) in [6.45, 7) is 3.20. The largest absolute Gasteiger partial charge is 0.479 e. The van der Waals surface area contributed by atoms with Gasteiger partial charge in [-0.2, -0.15) is 0 Å². The first-order valence-corrected chi connectivity index (χ1v) is 9.04. The van der Waals surface area contributed by atoms with Crippen LogP contribution in [0.25, 0.3) is 0 Å². The fourth-order valence-electron chi connectivity index (χ4n) is 2.02. The van der Waals surface area contributed by atoms with E-state index in [0.717, 1.165) is 10.5 Å². The van der Waals surface area contributed by atoms with Gasteiger partial charge in [0.2, 0.25) is 0 Å². The molecule has 0 saturated heterocycles. The lowest BCUT2D eigenvalue weighted by molar-refractivity contribution is -0.153. The zero-order chi connectivity index (χ0) is 18.2. The highest BCUT2D eigenvalue weighted by Crippen LogP contribution is 2.19. The van der Waals surface area contributed by atoms with Crippen LogP contribution in [-0.2, 0) is 14.3 Å². The molecule has 25 heavy (non-hydrogen) atoms. The number of amides is 1. The minimum absolute atomic E-state index is 0.357. The van der Waals surface area contributed by atoms with Crippen LogP contribution in [0.15, 0.2) is 53.4 Å². The molecule has 2 rings (SSSR count). The number of hydrogen-bond acceptors (Lipinski definition) is 5. The van der Waals surface area contributed by atoms with Crippen molar-refractivity contribution in [2.24, 2.45) is 0 Å². The van der Waals surface area contributed by atoms with Gasteiger partial charge in [0, 0.05) is 10.6 Å². The Bertz CT molecular complexity index is 730. The number of nitrogens with one attached hydrogen (secondary N) is 1. The summed E-state index contributed by atoms with van der Waals surface area (Å²) < 4.78 is 10.5. The normalized spacial score (nSPS) is 11.5. The quantitative estimate of drug-likeness (QED) is 0.604. The van der Waals surface area contributed by atoms with Crippen LogP contribution in [-0.4, -0.2) is 30.8 Å². The number of aryl methyl sites for hydroxylation is 1. The fourth-order valence-corrected chi connectivity index (χ4v) is 2.48. The lowest BCUT2D eigenvalue weighted by atomic mass is 10.2. The van der Waals surface area contributed by atoms with Gasteiger partial charge in [0.05, 0.1) is 0 Å². The molecule has 2 aromatic carbocycles. The highest BCUT2D eigenvalue weighted by molar-refractivity contribution is 7.98. The third-order valence-electron chi connectivity index (χ3n) is 3.36. The maximum absolute atomic E-state index is 11.9. The smallest absolute Gasteiger partial charge is 0.347 e. The van der Waals surface area contributed by atoms with Gasteiger partial charge in [-0.15, -0.1) is 11.8 Å². The number of ether oxygens (including phenoxy) is 2. The first kappa shape index (κ1) is 18.9. The zero-order valence-electron chi connectivity index (χ0n) is 14.4. The predicted octanol–water partition coefficient (Wildman–Crippen LogP) is 3.67. The molecule has 6 heteroatoms. The molecular weight excluding hydrogens is 338 g/mol. The number of hydrogen-bond donors (Lipinski definition) is 1. The summed E-state index contributed by atoms with van der Waals surface area (Å²) in [7, 11) is 0. The van der Waals surface area contributed by atoms with E-state index in [-0.39, 0.29) is 6.61 Å². The third kappa shape index (κ3) is 6.15. The van der Waals surface area contributed by atoms with E-state index < -0.39 is 18.0 Å². The van der Waals surface area contributed by atoms with Crippen molar-refractivity contribution < 1.29 is 19.1 Å². The molecule has 0 aliphatic rings. The van der Waals surface area contributed by atoms with Crippen LogP contribution in [0.1, 0.15) is 12.5 Å². The highest BCUT2D eigenvalue weighted by atomic mass is 32.2. The Hall–Kier alpha value is -2.47. The molecule has 0 aliphatic carbocycles. The number of esters is 1. The van der Waals surface area contributed by atoms with Crippen LogP contribution in [0.4, 0.5) is 5.69 Å². The number of carbonyl (C=O) groups is 2. The maximum atomic E-state index is 11.9. The van der Waals surface area contributed by atoms with Crippen molar-refractivity contribution in [3.63, 3.8) is 0 Å². The maximum Gasteiger partial charge on any atom is 0.347 e. The standard InChI is InChI=1S/C19H21NO4S/c1-13-7-9-16(10-8-13)24-14(2)19(22)23-12-18(21)20-15-5-4-6-17(11-15)25-3/h4-11,14H,12H2,1-3H3,(H,20,21). The number of carbonyl (C=O) groups excluding carboxylic acids is 2. The fraction of sp³-hybridized carbons (Fsp3) is 0.263. The minimum atomic E-state index is -0.796. The Morgan fingerprint density at radius 3 is 2.56 bits per heavy atom. The summed E-state index contributed by atoms with van der Waals surface area (Å²) in [5.74, 6) is -0.406. The Balaban J connectivity index is 1.79. The third-order valence-corrected chi connectivity index (χ3v) is 4.09. The molecule has 2 aromatic rings. The summed E-state index contributed by atoms with van der Waals surface area (Å²) >= 11 is 1.58. The van der Waals surface area contributed by atoms with E-state index in [4.69, 9.17) is 9.47 Å². The van der Waals surface area contributed by atoms with Crippen LogP contribution < -0.4 is 10.1 Å². The summed E-state index contributed by atoms with van der Waals surface area (Å²) in [5, 5.41) is 2.70. The summed E-state index contributed by atoms with van der Waals surface area (Å²) in [4.78, 5) is 24.9. The van der Waals surface area contributed by atoms with Crippen LogP contribution in [0.3, 0.4) is 0 Å². The Kier molecular flexibility index (Phi) is 6.89. The Morgan fingerprint density at radius 2 is 1.88 bits per heavy atom. The molecular formula is C19H21NO4S. The topological polar surface area (TPSA) is 64.6 Å². The van der Waals surface area contributed by atoms with Gasteiger partial charge in [-0.1, -0.05) is 23.8 Å². The van der Waals surface area contributed by atoms with Crippen molar-refractivity contribution in [3.05, 3.63) is 54.1 Å². The first-order chi connectivity index (χ1) is 12.0. The van der Waals surface area contributed by atoms with E-state index in [0.29, 0.717) is 11.4 Å². The van der Waals surface area contributed by atoms with Crippen LogP contribution >= 0.6 is 11.8 Å². The Morgan fingerprint density at radius 1 is 1.16 bits per heavy atom. The van der Waals surface area contributed by atoms with E-state index in [1.807, 2.05) is 43.5 Å². The van der Waals surface area contributed by atoms with Gasteiger partial charge in [0.25, 0.3) is 5.91 Å². The molecule has 0 radical (unpaired) electrons. The SMILES string of the molecule is CSc1cccc(NC(=O)COC(=O)C(C)Oc2ccc(C)cc2)c1. The van der Waals surface area contributed by atoms with E-state index in [9.17, 15) is 9.59 Å². The molecule has 0 bridgehead atoms. The Labute approximate surface area is 151 Å². The molecule has 0 fully saturated rings. The summed E-state index contributed by atoms with van der Waals surface area (Å²) in [6, 6.07) is 14.8. The van der Waals surface area contributed by atoms with Crippen molar-refractivity contribution in [1.82, 2.24) is 0 Å². The molecule has 0 heterocycles. The first-order valence-electron chi connectivity index (χ1n) is 7.82. The van der Waals surface area contributed by atoms with Gasteiger partial charge in [0.1, 0.15) is 5.75 Å². The molecule has 132 valence electrons. The molecule has 0 aliphatic heterocycles. The lowest BCUT2D eigenvalue weighted by Crippen LogP contribution is -2.29. The van der Waals surface area contributed by atoms with Crippen molar-refractivity contribution in [3.8, 4) is 5.75 Å². The molecule has 0 saturated carbocycles. The van der Waals surface area contributed by atoms with E-state index in [1.165, 1.54) is 0 Å². The lowest BCUT2D eigenvalue weighted by Gasteiger charge is -2.14. The number of benzene rings is 2. The number of rotatable bonds is 7. The van der Waals surface area contributed by atoms with Crippen molar-refractivity contribution in [2.75, 3.05) is 18.2 Å². The average molecular weight is 359 g/mol. The zero-order valence-corrected chi connectivity index (χ0v) is 15.3. The van der Waals surface area contributed by atoms with Crippen molar-refractivity contribution in [2.45, 2.75) is 24.8 Å². The summed E-state index contributed by atoms with van der Waals surface area (Å²) in [6.07, 6.45) is 1.16. The van der Waals surface area contributed by atoms with Crippen LogP contribution in [0.2, 0.25) is 0 Å². The minimum Gasteiger partial charge on any atom is -0.479 e. The number of anilines is 1. The molecule has 1 unspecified atom stereocenters.